The molecule has 1 amide bonds. The zero-order valence-electron chi connectivity index (χ0n) is 14.6. The van der Waals surface area contributed by atoms with E-state index >= 15 is 0 Å². The van der Waals surface area contributed by atoms with Crippen LogP contribution in [0.1, 0.15) is 34.1 Å². The number of nitrogens with two attached hydrogens (primary N) is 1. The van der Waals surface area contributed by atoms with Crippen LogP contribution < -0.4 is 15.2 Å². The number of rotatable bonds is 7. The third kappa shape index (κ3) is 6.63. The number of carbonyl (C=O) groups is 1. The van der Waals surface area contributed by atoms with E-state index in [1.807, 2.05) is 27.7 Å². The Hall–Kier alpha value is -2.18. The van der Waals surface area contributed by atoms with Crippen molar-refractivity contribution >= 4 is 11.8 Å². The topological polar surface area (TPSA) is 86.9 Å². The fraction of sp³-hybridized carbons (Fsp3) is 0.625. The van der Waals surface area contributed by atoms with E-state index in [0.717, 1.165) is 6.42 Å². The first-order chi connectivity index (χ1) is 10.8. The van der Waals surface area contributed by atoms with E-state index in [1.165, 1.54) is 7.11 Å². The molecule has 130 valence electrons. The van der Waals surface area contributed by atoms with Gasteiger partial charge in [0, 0.05) is 12.6 Å². The maximum absolute atomic E-state index is 12.1. The molecule has 0 spiro atoms. The molecule has 1 rings (SSSR count). The smallest absolute Gasteiger partial charge is 0.410 e. The number of nitrogen functional groups attached to an aromatic ring is 1. The molecule has 0 aliphatic rings. The van der Waals surface area contributed by atoms with Crippen LogP contribution in [0.2, 0.25) is 0 Å². The second-order valence-electron chi connectivity index (χ2n) is 6.06. The molecule has 0 saturated heterocycles. The van der Waals surface area contributed by atoms with Gasteiger partial charge in [-0.15, -0.1) is 0 Å². The Morgan fingerprint density at radius 1 is 1.30 bits per heavy atom. The molecule has 1 aromatic heterocycles. The lowest BCUT2D eigenvalue weighted by Crippen LogP contribution is -2.39. The van der Waals surface area contributed by atoms with E-state index in [2.05, 4.69) is 4.98 Å². The van der Waals surface area contributed by atoms with Gasteiger partial charge in [-0.2, -0.15) is 4.98 Å². The summed E-state index contributed by atoms with van der Waals surface area (Å²) >= 11 is 0. The largest absolute Gasteiger partial charge is 0.479 e. The first kappa shape index (κ1) is 18.9. The number of anilines is 1. The average Bonchev–Trinajstić information content (AvgIpc) is 2.46. The van der Waals surface area contributed by atoms with E-state index < -0.39 is 5.60 Å². The summed E-state index contributed by atoms with van der Waals surface area (Å²) < 4.78 is 16.0. The Morgan fingerprint density at radius 3 is 2.57 bits per heavy atom. The fourth-order valence-electron chi connectivity index (χ4n) is 1.83. The summed E-state index contributed by atoms with van der Waals surface area (Å²) in [6.07, 6.45) is 0.499. The molecule has 0 fully saturated rings. The average molecular weight is 325 g/mol. The Bertz CT molecular complexity index is 515. The standard InChI is InChI=1S/C16H27N3O4/c1-6-9-19(15(20)23-16(2,3)4)10-11-22-13-8-7-12(17)14(18-13)21-5/h7-8H,6,9-11,17H2,1-5H3. The monoisotopic (exact) mass is 325 g/mol. The van der Waals surface area contributed by atoms with Crippen LogP contribution in [0.5, 0.6) is 11.8 Å². The highest BCUT2D eigenvalue weighted by atomic mass is 16.6. The van der Waals surface area contributed by atoms with Crippen LogP contribution >= 0.6 is 0 Å². The molecule has 7 heteroatoms. The number of ether oxygens (including phenoxy) is 3. The molecule has 0 radical (unpaired) electrons. The van der Waals surface area contributed by atoms with Crippen molar-refractivity contribution in [2.75, 3.05) is 32.5 Å². The van der Waals surface area contributed by atoms with Crippen LogP contribution in [0.4, 0.5) is 10.5 Å². The van der Waals surface area contributed by atoms with Gasteiger partial charge in [0.25, 0.3) is 0 Å². The minimum absolute atomic E-state index is 0.305. The second-order valence-corrected chi connectivity index (χ2v) is 6.06. The van der Waals surface area contributed by atoms with Crippen LogP contribution in [0, 0.1) is 0 Å². The molecular weight excluding hydrogens is 298 g/mol. The number of pyridine rings is 1. The number of carbonyl (C=O) groups excluding carboxylic acids is 1. The van der Waals surface area contributed by atoms with Gasteiger partial charge >= 0.3 is 6.09 Å². The third-order valence-electron chi connectivity index (χ3n) is 2.81. The van der Waals surface area contributed by atoms with E-state index in [9.17, 15) is 4.79 Å². The van der Waals surface area contributed by atoms with Gasteiger partial charge in [-0.1, -0.05) is 6.92 Å². The molecule has 0 aliphatic heterocycles. The van der Waals surface area contributed by atoms with E-state index in [1.54, 1.807) is 17.0 Å². The van der Waals surface area contributed by atoms with E-state index in [4.69, 9.17) is 19.9 Å². The van der Waals surface area contributed by atoms with Crippen molar-refractivity contribution in [2.24, 2.45) is 0 Å². The van der Waals surface area contributed by atoms with Crippen molar-refractivity contribution < 1.29 is 19.0 Å². The summed E-state index contributed by atoms with van der Waals surface area (Å²) in [4.78, 5) is 17.9. The highest BCUT2D eigenvalue weighted by Crippen LogP contribution is 2.21. The number of amides is 1. The van der Waals surface area contributed by atoms with Crippen LogP contribution in [0.3, 0.4) is 0 Å². The number of methoxy groups -OCH3 is 1. The van der Waals surface area contributed by atoms with Gasteiger partial charge < -0.3 is 24.8 Å². The summed E-state index contributed by atoms with van der Waals surface area (Å²) in [7, 11) is 1.49. The minimum atomic E-state index is -0.518. The predicted octanol–water partition coefficient (Wildman–Crippen LogP) is 2.70. The Kier molecular flexibility index (Phi) is 6.93. The Labute approximate surface area is 137 Å². The number of aromatic nitrogens is 1. The molecule has 7 nitrogen and oxygen atoms in total. The summed E-state index contributed by atoms with van der Waals surface area (Å²) in [6.45, 7) is 8.86. The SMILES string of the molecule is CCCN(CCOc1ccc(N)c(OC)n1)C(=O)OC(C)(C)C. The highest BCUT2D eigenvalue weighted by Gasteiger charge is 2.21. The molecule has 0 atom stereocenters. The summed E-state index contributed by atoms with van der Waals surface area (Å²) in [5.74, 6) is 0.719. The van der Waals surface area contributed by atoms with Crippen LogP contribution in [0.25, 0.3) is 0 Å². The van der Waals surface area contributed by atoms with Crippen LogP contribution in [-0.2, 0) is 4.74 Å². The minimum Gasteiger partial charge on any atom is -0.479 e. The van der Waals surface area contributed by atoms with Gasteiger partial charge in [0.2, 0.25) is 11.8 Å². The van der Waals surface area contributed by atoms with Crippen molar-refractivity contribution in [3.63, 3.8) is 0 Å². The summed E-state index contributed by atoms with van der Waals surface area (Å²) in [5.41, 5.74) is 5.63. The van der Waals surface area contributed by atoms with E-state index in [0.29, 0.717) is 37.1 Å². The lowest BCUT2D eigenvalue weighted by atomic mass is 10.2. The summed E-state index contributed by atoms with van der Waals surface area (Å²) in [6, 6.07) is 3.33. The lowest BCUT2D eigenvalue weighted by molar-refractivity contribution is 0.0225. The first-order valence-electron chi connectivity index (χ1n) is 7.68. The molecule has 0 aromatic carbocycles. The molecule has 0 aliphatic carbocycles. The van der Waals surface area contributed by atoms with Crippen molar-refractivity contribution in [1.29, 1.82) is 0 Å². The zero-order valence-corrected chi connectivity index (χ0v) is 14.6. The maximum atomic E-state index is 12.1. The van der Waals surface area contributed by atoms with Crippen LogP contribution in [0.15, 0.2) is 12.1 Å². The van der Waals surface area contributed by atoms with Gasteiger partial charge in [-0.25, -0.2) is 4.79 Å². The Morgan fingerprint density at radius 2 is 2.00 bits per heavy atom. The number of hydrogen-bond donors (Lipinski definition) is 1. The number of hydrogen-bond acceptors (Lipinski definition) is 6. The molecule has 23 heavy (non-hydrogen) atoms. The second kappa shape index (κ2) is 8.45. The third-order valence-corrected chi connectivity index (χ3v) is 2.81. The molecule has 1 aromatic rings. The highest BCUT2D eigenvalue weighted by molar-refractivity contribution is 5.68. The van der Waals surface area contributed by atoms with Crippen molar-refractivity contribution in [3.05, 3.63) is 12.1 Å². The quantitative estimate of drug-likeness (QED) is 0.829. The first-order valence-corrected chi connectivity index (χ1v) is 7.68. The van der Waals surface area contributed by atoms with Crippen molar-refractivity contribution in [2.45, 2.75) is 39.7 Å². The van der Waals surface area contributed by atoms with Gasteiger partial charge in [0.15, 0.2) is 0 Å². The maximum Gasteiger partial charge on any atom is 0.410 e. The zero-order chi connectivity index (χ0) is 17.5. The van der Waals surface area contributed by atoms with E-state index in [-0.39, 0.29) is 6.09 Å². The molecule has 0 saturated carbocycles. The molecule has 0 unspecified atom stereocenters. The van der Waals surface area contributed by atoms with Crippen LogP contribution in [-0.4, -0.2) is 48.4 Å². The van der Waals surface area contributed by atoms with Gasteiger partial charge in [-0.3, -0.25) is 0 Å². The van der Waals surface area contributed by atoms with Crippen molar-refractivity contribution in [1.82, 2.24) is 9.88 Å². The lowest BCUT2D eigenvalue weighted by Gasteiger charge is -2.27. The Balaban J connectivity index is 2.57. The normalized spacial score (nSPS) is 11.0. The number of nitrogens with zero attached hydrogens (tertiary/aromatic N) is 2. The van der Waals surface area contributed by atoms with Gasteiger partial charge in [0.05, 0.1) is 19.3 Å². The van der Waals surface area contributed by atoms with Gasteiger partial charge in [0.1, 0.15) is 12.2 Å². The predicted molar refractivity (Wildman–Crippen MR) is 88.8 cm³/mol. The molecule has 0 bridgehead atoms. The fourth-order valence-corrected chi connectivity index (χ4v) is 1.83. The van der Waals surface area contributed by atoms with Gasteiger partial charge in [-0.05, 0) is 33.3 Å². The molecular formula is C16H27N3O4. The molecule has 1 heterocycles. The molecule has 2 N–H and O–H groups in total. The van der Waals surface area contributed by atoms with Crippen molar-refractivity contribution in [3.8, 4) is 11.8 Å². The summed E-state index contributed by atoms with van der Waals surface area (Å²) in [5, 5.41) is 0.